The van der Waals surface area contributed by atoms with Crippen molar-refractivity contribution in [1.82, 2.24) is 0 Å². The maximum atomic E-state index is 12.5. The Balaban J connectivity index is 1.89. The molecule has 0 aromatic heterocycles. The van der Waals surface area contributed by atoms with Crippen LogP contribution >= 0.6 is 0 Å². The van der Waals surface area contributed by atoms with E-state index in [0.717, 1.165) is 11.3 Å². The summed E-state index contributed by atoms with van der Waals surface area (Å²) in [5, 5.41) is 0. The van der Waals surface area contributed by atoms with Crippen LogP contribution in [0.3, 0.4) is 0 Å². The zero-order valence-corrected chi connectivity index (χ0v) is 14.3. The minimum absolute atomic E-state index is 0.193. The second-order valence-electron chi connectivity index (χ2n) is 5.60. The fraction of sp³-hybridized carbons (Fsp3) is 0.200. The summed E-state index contributed by atoms with van der Waals surface area (Å²) in [6.45, 7) is 5.60. The standard InChI is InChI=1S/C20H18O5/c1-4-23-15-7-5-14(6-8-15)11-18-19(22)16-9-10-17(24-13(3)21)12(2)20(16)25-18/h5-11H,4H2,1-3H3/b18-11-. The van der Waals surface area contributed by atoms with E-state index in [2.05, 4.69) is 0 Å². The average Bonchev–Trinajstić information content (AvgIpc) is 2.89. The SMILES string of the molecule is CCOc1ccc(/C=C2\Oc3c(ccc(OC(C)=O)c3C)C2=O)cc1. The van der Waals surface area contributed by atoms with E-state index in [0.29, 0.717) is 29.2 Å². The first kappa shape index (κ1) is 16.8. The molecule has 1 aliphatic rings. The smallest absolute Gasteiger partial charge is 0.308 e. The van der Waals surface area contributed by atoms with Gasteiger partial charge in [0.25, 0.3) is 0 Å². The molecule has 0 amide bonds. The summed E-state index contributed by atoms with van der Waals surface area (Å²) in [7, 11) is 0. The number of fused-ring (bicyclic) bond motifs is 1. The normalized spacial score (nSPS) is 14.2. The van der Waals surface area contributed by atoms with Crippen LogP contribution in [0, 0.1) is 6.92 Å². The molecular weight excluding hydrogens is 320 g/mol. The summed E-state index contributed by atoms with van der Waals surface area (Å²) in [5.74, 6) is 1.22. The van der Waals surface area contributed by atoms with Gasteiger partial charge < -0.3 is 14.2 Å². The average molecular weight is 338 g/mol. The molecule has 0 radical (unpaired) electrons. The van der Waals surface area contributed by atoms with Crippen molar-refractivity contribution >= 4 is 17.8 Å². The lowest BCUT2D eigenvalue weighted by Crippen LogP contribution is -2.03. The highest BCUT2D eigenvalue weighted by molar-refractivity contribution is 6.15. The van der Waals surface area contributed by atoms with E-state index in [1.54, 1.807) is 25.1 Å². The lowest BCUT2D eigenvalue weighted by Gasteiger charge is -2.08. The third-order valence-electron chi connectivity index (χ3n) is 3.78. The number of hydrogen-bond donors (Lipinski definition) is 0. The van der Waals surface area contributed by atoms with E-state index < -0.39 is 5.97 Å². The Hall–Kier alpha value is -3.08. The first-order valence-electron chi connectivity index (χ1n) is 7.98. The van der Waals surface area contributed by atoms with Gasteiger partial charge in [-0.15, -0.1) is 0 Å². The predicted octanol–water partition coefficient (Wildman–Crippen LogP) is 3.94. The quantitative estimate of drug-likeness (QED) is 0.480. The van der Waals surface area contributed by atoms with Crippen molar-refractivity contribution in [1.29, 1.82) is 0 Å². The molecule has 5 nitrogen and oxygen atoms in total. The van der Waals surface area contributed by atoms with Gasteiger partial charge in [0.1, 0.15) is 17.2 Å². The molecular formula is C20H18O5. The van der Waals surface area contributed by atoms with E-state index in [4.69, 9.17) is 14.2 Å². The van der Waals surface area contributed by atoms with Gasteiger partial charge in [0.2, 0.25) is 5.78 Å². The second-order valence-corrected chi connectivity index (χ2v) is 5.60. The first-order chi connectivity index (χ1) is 12.0. The number of benzene rings is 2. The highest BCUT2D eigenvalue weighted by Crippen LogP contribution is 2.39. The van der Waals surface area contributed by atoms with Gasteiger partial charge in [0.05, 0.1) is 12.2 Å². The lowest BCUT2D eigenvalue weighted by molar-refractivity contribution is -0.131. The number of hydrogen-bond acceptors (Lipinski definition) is 5. The largest absolute Gasteiger partial charge is 0.494 e. The Morgan fingerprint density at radius 2 is 1.88 bits per heavy atom. The number of carbonyl (C=O) groups is 2. The topological polar surface area (TPSA) is 61.8 Å². The number of rotatable bonds is 4. The molecule has 0 saturated heterocycles. The Kier molecular flexibility index (Phi) is 4.57. The molecule has 3 rings (SSSR count). The molecule has 0 bridgehead atoms. The monoisotopic (exact) mass is 338 g/mol. The van der Waals surface area contributed by atoms with Crippen molar-refractivity contribution in [3.8, 4) is 17.2 Å². The third-order valence-corrected chi connectivity index (χ3v) is 3.78. The van der Waals surface area contributed by atoms with Gasteiger partial charge in [-0.25, -0.2) is 0 Å². The molecule has 1 aliphatic heterocycles. The molecule has 2 aromatic rings. The predicted molar refractivity (Wildman–Crippen MR) is 93.0 cm³/mol. The van der Waals surface area contributed by atoms with Gasteiger partial charge in [-0.2, -0.15) is 0 Å². The van der Waals surface area contributed by atoms with E-state index in [9.17, 15) is 9.59 Å². The second kappa shape index (κ2) is 6.81. The number of ether oxygens (including phenoxy) is 3. The molecule has 0 N–H and O–H groups in total. The minimum Gasteiger partial charge on any atom is -0.494 e. The summed E-state index contributed by atoms with van der Waals surface area (Å²) in [4.78, 5) is 23.7. The van der Waals surface area contributed by atoms with Crippen LogP contribution in [-0.2, 0) is 4.79 Å². The number of esters is 1. The Labute approximate surface area is 145 Å². The molecule has 0 spiro atoms. The van der Waals surface area contributed by atoms with Gasteiger partial charge in [-0.05, 0) is 49.8 Å². The molecule has 1 heterocycles. The molecule has 0 saturated carbocycles. The van der Waals surface area contributed by atoms with Crippen LogP contribution in [0.15, 0.2) is 42.2 Å². The molecule has 2 aromatic carbocycles. The van der Waals surface area contributed by atoms with E-state index >= 15 is 0 Å². The van der Waals surface area contributed by atoms with Crippen LogP contribution in [0.25, 0.3) is 6.08 Å². The first-order valence-corrected chi connectivity index (χ1v) is 7.98. The van der Waals surface area contributed by atoms with Crippen LogP contribution in [-0.4, -0.2) is 18.4 Å². The molecule has 5 heteroatoms. The Bertz CT molecular complexity index is 862. The molecule has 0 fully saturated rings. The van der Waals surface area contributed by atoms with Crippen molar-refractivity contribution in [3.63, 3.8) is 0 Å². The third kappa shape index (κ3) is 3.40. The Morgan fingerprint density at radius 3 is 2.52 bits per heavy atom. The fourth-order valence-corrected chi connectivity index (χ4v) is 2.61. The van der Waals surface area contributed by atoms with Gasteiger partial charge >= 0.3 is 5.97 Å². The van der Waals surface area contributed by atoms with Crippen molar-refractivity contribution in [3.05, 3.63) is 58.8 Å². The number of carbonyl (C=O) groups excluding carboxylic acids is 2. The van der Waals surface area contributed by atoms with E-state index in [-0.39, 0.29) is 11.5 Å². The molecule has 128 valence electrons. The fourth-order valence-electron chi connectivity index (χ4n) is 2.61. The van der Waals surface area contributed by atoms with E-state index in [1.807, 2.05) is 31.2 Å². The van der Waals surface area contributed by atoms with Gasteiger partial charge in [-0.3, -0.25) is 9.59 Å². The Morgan fingerprint density at radius 1 is 1.16 bits per heavy atom. The maximum absolute atomic E-state index is 12.5. The van der Waals surface area contributed by atoms with Gasteiger partial charge in [0, 0.05) is 12.5 Å². The van der Waals surface area contributed by atoms with Gasteiger partial charge in [-0.1, -0.05) is 12.1 Å². The summed E-state index contributed by atoms with van der Waals surface area (Å²) in [6.07, 6.45) is 1.68. The summed E-state index contributed by atoms with van der Waals surface area (Å²) in [6, 6.07) is 10.6. The molecule has 0 aliphatic carbocycles. The van der Waals surface area contributed by atoms with Crippen LogP contribution < -0.4 is 14.2 Å². The molecule has 25 heavy (non-hydrogen) atoms. The summed E-state index contributed by atoms with van der Waals surface area (Å²) in [5.41, 5.74) is 1.92. The van der Waals surface area contributed by atoms with Crippen molar-refractivity contribution in [2.24, 2.45) is 0 Å². The number of allylic oxidation sites excluding steroid dienone is 1. The van der Waals surface area contributed by atoms with Crippen LogP contribution in [0.5, 0.6) is 17.2 Å². The molecule has 0 atom stereocenters. The number of Topliss-reactive ketones (excluding diaryl/α,β-unsaturated/α-hetero) is 1. The summed E-state index contributed by atoms with van der Waals surface area (Å²) >= 11 is 0. The minimum atomic E-state index is -0.419. The zero-order valence-electron chi connectivity index (χ0n) is 14.3. The number of ketones is 1. The molecule has 0 unspecified atom stereocenters. The van der Waals surface area contributed by atoms with Crippen LogP contribution in [0.2, 0.25) is 0 Å². The zero-order chi connectivity index (χ0) is 18.0. The lowest BCUT2D eigenvalue weighted by atomic mass is 10.1. The van der Waals surface area contributed by atoms with E-state index in [1.165, 1.54) is 6.92 Å². The maximum Gasteiger partial charge on any atom is 0.308 e. The van der Waals surface area contributed by atoms with Crippen molar-refractivity contribution < 1.29 is 23.8 Å². The van der Waals surface area contributed by atoms with Crippen molar-refractivity contribution in [2.75, 3.05) is 6.61 Å². The summed E-state index contributed by atoms with van der Waals surface area (Å²) < 4.78 is 16.3. The highest BCUT2D eigenvalue weighted by atomic mass is 16.5. The highest BCUT2D eigenvalue weighted by Gasteiger charge is 2.30. The van der Waals surface area contributed by atoms with Crippen molar-refractivity contribution in [2.45, 2.75) is 20.8 Å². The van der Waals surface area contributed by atoms with Crippen LogP contribution in [0.1, 0.15) is 35.3 Å². The van der Waals surface area contributed by atoms with Gasteiger partial charge in [0.15, 0.2) is 5.76 Å². The van der Waals surface area contributed by atoms with Crippen LogP contribution in [0.4, 0.5) is 0 Å².